The van der Waals surface area contributed by atoms with Gasteiger partial charge in [-0.1, -0.05) is 26.0 Å². The number of carboxylic acids is 1. The monoisotopic (exact) mass is 511 g/mol. The maximum absolute atomic E-state index is 14.5. The second-order valence-electron chi connectivity index (χ2n) is 8.16. The zero-order valence-electron chi connectivity index (χ0n) is 18.9. The molecule has 0 saturated carbocycles. The quantitative estimate of drug-likeness (QED) is 0.294. The van der Waals surface area contributed by atoms with Crippen LogP contribution >= 0.6 is 0 Å². The normalized spacial score (nSPS) is 14.1. The largest absolute Gasteiger partial charge is 0.480 e. The van der Waals surface area contributed by atoms with Crippen molar-refractivity contribution in [2.24, 2.45) is 5.92 Å². The molecule has 2 aromatic rings. The maximum atomic E-state index is 14.5. The van der Waals surface area contributed by atoms with Gasteiger partial charge in [-0.2, -0.15) is 26.3 Å². The summed E-state index contributed by atoms with van der Waals surface area (Å²) < 4.78 is 106. The molecule has 0 fully saturated rings. The lowest BCUT2D eigenvalue weighted by Gasteiger charge is -2.27. The number of benzene rings is 2. The summed E-state index contributed by atoms with van der Waals surface area (Å²) in [5.41, 5.74) is -2.43. The van der Waals surface area contributed by atoms with Gasteiger partial charge in [0.2, 0.25) is 0 Å². The first-order valence-electron chi connectivity index (χ1n) is 10.3. The zero-order valence-corrected chi connectivity index (χ0v) is 18.9. The van der Waals surface area contributed by atoms with Gasteiger partial charge in [0.1, 0.15) is 23.7 Å². The molecule has 0 saturated heterocycles. The maximum Gasteiger partial charge on any atom is 0.416 e. The number of aliphatic carboxylic acids is 1. The number of nitrogens with one attached hydrogen (secondary N) is 1. The molecule has 0 spiro atoms. The first-order chi connectivity index (χ1) is 16.1. The molecule has 2 N–H and O–H groups in total. The molecule has 1 unspecified atom stereocenters. The van der Waals surface area contributed by atoms with Crippen LogP contribution in [0.5, 0.6) is 5.75 Å². The molecule has 0 aliphatic heterocycles. The topological polar surface area (TPSA) is 67.8 Å². The SMILES string of the molecule is COCOc1cc(C(N[C@@H](CC(C)C)C(=O)O)C(F)(F)F)ccc1-c1cc(C(F)(F)F)ccc1F. The third-order valence-corrected chi connectivity index (χ3v) is 4.96. The van der Waals surface area contributed by atoms with Crippen molar-refractivity contribution in [3.05, 3.63) is 53.3 Å². The highest BCUT2D eigenvalue weighted by Crippen LogP contribution is 2.41. The van der Waals surface area contributed by atoms with Crippen molar-refractivity contribution in [1.82, 2.24) is 5.32 Å². The summed E-state index contributed by atoms with van der Waals surface area (Å²) in [6.07, 6.45) is -9.82. The molecule has 0 aliphatic carbocycles. The number of carboxylic acid groups (broad SMARTS) is 1. The molecule has 35 heavy (non-hydrogen) atoms. The lowest BCUT2D eigenvalue weighted by molar-refractivity contribution is -0.163. The van der Waals surface area contributed by atoms with Crippen molar-refractivity contribution < 1.29 is 50.1 Å². The molecule has 2 rings (SSSR count). The Morgan fingerprint density at radius 2 is 1.69 bits per heavy atom. The molecule has 2 aromatic carbocycles. The number of hydrogen-bond acceptors (Lipinski definition) is 4. The van der Waals surface area contributed by atoms with Crippen molar-refractivity contribution in [3.63, 3.8) is 0 Å². The third kappa shape index (κ3) is 7.56. The Kier molecular flexibility index (Phi) is 9.12. The summed E-state index contributed by atoms with van der Waals surface area (Å²) in [7, 11) is 1.21. The van der Waals surface area contributed by atoms with Gasteiger partial charge in [-0.3, -0.25) is 10.1 Å². The lowest BCUT2D eigenvalue weighted by Crippen LogP contribution is -2.45. The van der Waals surface area contributed by atoms with Gasteiger partial charge in [0.05, 0.1) is 5.56 Å². The predicted molar refractivity (Wildman–Crippen MR) is 112 cm³/mol. The van der Waals surface area contributed by atoms with Crippen molar-refractivity contribution in [3.8, 4) is 16.9 Å². The molecule has 194 valence electrons. The van der Waals surface area contributed by atoms with Crippen LogP contribution in [0.25, 0.3) is 11.1 Å². The van der Waals surface area contributed by atoms with Crippen molar-refractivity contribution in [2.75, 3.05) is 13.9 Å². The van der Waals surface area contributed by atoms with Crippen molar-refractivity contribution in [1.29, 1.82) is 0 Å². The number of rotatable bonds is 10. The van der Waals surface area contributed by atoms with Crippen LogP contribution < -0.4 is 10.1 Å². The van der Waals surface area contributed by atoms with E-state index in [0.717, 1.165) is 18.2 Å². The first-order valence-corrected chi connectivity index (χ1v) is 10.3. The van der Waals surface area contributed by atoms with Crippen LogP contribution in [0.3, 0.4) is 0 Å². The fourth-order valence-electron chi connectivity index (χ4n) is 3.38. The van der Waals surface area contributed by atoms with Gasteiger partial charge in [-0.15, -0.1) is 0 Å². The standard InChI is InChI=1S/C23H24F7NO4/c1-12(2)8-18(21(32)33)31-20(23(28,29)30)13-4-6-15(19(9-13)35-11-34-3)16-10-14(22(25,26)27)5-7-17(16)24/h4-7,9-10,12,18,20,31H,8,11H2,1-3H3,(H,32,33)/t18-,20?/m0/s1. The van der Waals surface area contributed by atoms with E-state index in [0.29, 0.717) is 18.2 Å². The Bertz CT molecular complexity index is 1020. The van der Waals surface area contributed by atoms with Crippen LogP contribution in [-0.2, 0) is 15.7 Å². The van der Waals surface area contributed by atoms with Gasteiger partial charge < -0.3 is 14.6 Å². The highest BCUT2D eigenvalue weighted by molar-refractivity contribution is 5.74. The molecule has 0 bridgehead atoms. The van der Waals surface area contributed by atoms with Crippen LogP contribution in [0.1, 0.15) is 37.4 Å². The van der Waals surface area contributed by atoms with E-state index in [1.165, 1.54) is 7.11 Å². The van der Waals surface area contributed by atoms with Gasteiger partial charge in [0.25, 0.3) is 0 Å². The molecule has 0 aliphatic rings. The second-order valence-corrected chi connectivity index (χ2v) is 8.16. The lowest BCUT2D eigenvalue weighted by atomic mass is 9.96. The van der Waals surface area contributed by atoms with Crippen LogP contribution in [0.4, 0.5) is 30.7 Å². The summed E-state index contributed by atoms with van der Waals surface area (Å²) in [5.74, 6) is -3.15. The van der Waals surface area contributed by atoms with E-state index in [1.54, 1.807) is 13.8 Å². The average Bonchev–Trinajstić information content (AvgIpc) is 2.73. The second kappa shape index (κ2) is 11.3. The molecule has 0 radical (unpaired) electrons. The van der Waals surface area contributed by atoms with Crippen LogP contribution in [0.15, 0.2) is 36.4 Å². The number of hydrogen-bond donors (Lipinski definition) is 2. The minimum absolute atomic E-state index is 0.0948. The Labute approximate surface area is 196 Å². The van der Waals surface area contributed by atoms with Crippen LogP contribution in [-0.4, -0.2) is 37.2 Å². The van der Waals surface area contributed by atoms with E-state index in [4.69, 9.17) is 9.47 Å². The van der Waals surface area contributed by atoms with Gasteiger partial charge in [0, 0.05) is 18.2 Å². The Morgan fingerprint density at radius 1 is 1.03 bits per heavy atom. The minimum atomic E-state index is -4.94. The zero-order chi connectivity index (χ0) is 26.6. The molecule has 12 heteroatoms. The van der Waals surface area contributed by atoms with E-state index < -0.39 is 59.7 Å². The van der Waals surface area contributed by atoms with E-state index >= 15 is 0 Å². The van der Waals surface area contributed by atoms with Crippen LogP contribution in [0.2, 0.25) is 0 Å². The average molecular weight is 511 g/mol. The van der Waals surface area contributed by atoms with E-state index in [1.807, 2.05) is 0 Å². The highest BCUT2D eigenvalue weighted by Gasteiger charge is 2.43. The number of carbonyl (C=O) groups is 1. The molecular weight excluding hydrogens is 487 g/mol. The molecule has 0 amide bonds. The van der Waals surface area contributed by atoms with Crippen molar-refractivity contribution in [2.45, 2.75) is 44.7 Å². The number of alkyl halides is 6. The molecule has 0 aromatic heterocycles. The van der Waals surface area contributed by atoms with Gasteiger partial charge in [-0.25, -0.2) is 4.39 Å². The fourth-order valence-corrected chi connectivity index (χ4v) is 3.38. The number of methoxy groups -OCH3 is 1. The third-order valence-electron chi connectivity index (χ3n) is 4.96. The summed E-state index contributed by atoms with van der Waals surface area (Å²) in [4.78, 5) is 11.5. The van der Waals surface area contributed by atoms with Gasteiger partial charge in [-0.05, 0) is 42.2 Å². The number of halogens is 7. The van der Waals surface area contributed by atoms with Gasteiger partial charge in [0.15, 0.2) is 6.79 Å². The summed E-state index contributed by atoms with van der Waals surface area (Å²) >= 11 is 0. The van der Waals surface area contributed by atoms with E-state index in [2.05, 4.69) is 5.32 Å². The molecule has 0 heterocycles. The highest BCUT2D eigenvalue weighted by atomic mass is 19.4. The van der Waals surface area contributed by atoms with E-state index in [-0.39, 0.29) is 23.7 Å². The fraction of sp³-hybridized carbons (Fsp3) is 0.435. The van der Waals surface area contributed by atoms with Crippen LogP contribution in [0, 0.1) is 11.7 Å². The molecule has 2 atom stereocenters. The molecule has 5 nitrogen and oxygen atoms in total. The summed E-state index contributed by atoms with van der Waals surface area (Å²) in [5, 5.41) is 11.5. The smallest absolute Gasteiger partial charge is 0.416 e. The Morgan fingerprint density at radius 3 is 2.20 bits per heavy atom. The summed E-state index contributed by atoms with van der Waals surface area (Å²) in [6, 6.07) is 0.437. The van der Waals surface area contributed by atoms with Crippen molar-refractivity contribution >= 4 is 5.97 Å². The van der Waals surface area contributed by atoms with Gasteiger partial charge >= 0.3 is 18.3 Å². The van der Waals surface area contributed by atoms with E-state index in [9.17, 15) is 40.6 Å². The molecular formula is C23H24F7NO4. The Hall–Kier alpha value is -2.86. The summed E-state index contributed by atoms with van der Waals surface area (Å²) in [6.45, 7) is 2.80. The Balaban J connectivity index is 2.61. The number of ether oxygens (including phenoxy) is 2. The minimum Gasteiger partial charge on any atom is -0.480 e. The predicted octanol–water partition coefficient (Wildman–Crippen LogP) is 6.19. The first kappa shape index (κ1) is 28.4.